The van der Waals surface area contributed by atoms with E-state index in [0.29, 0.717) is 11.5 Å². The molecule has 2 atom stereocenters. The van der Waals surface area contributed by atoms with Crippen LogP contribution in [0.1, 0.15) is 52.9 Å². The van der Waals surface area contributed by atoms with Gasteiger partial charge in [0.15, 0.2) is 0 Å². The zero-order valence-electron chi connectivity index (χ0n) is 13.6. The van der Waals surface area contributed by atoms with Crippen LogP contribution in [0.3, 0.4) is 0 Å². The predicted octanol–water partition coefficient (Wildman–Crippen LogP) is 3.23. The minimum Gasteiger partial charge on any atom is -0.381 e. The van der Waals surface area contributed by atoms with Crippen LogP contribution in [0, 0.1) is 17.3 Å². The van der Waals surface area contributed by atoms with E-state index >= 15 is 0 Å². The molecule has 2 fully saturated rings. The van der Waals surface area contributed by atoms with E-state index in [-0.39, 0.29) is 0 Å². The largest absolute Gasteiger partial charge is 0.381 e. The maximum atomic E-state index is 6.09. The fourth-order valence-corrected chi connectivity index (χ4v) is 3.36. The van der Waals surface area contributed by atoms with Crippen molar-refractivity contribution in [3.05, 3.63) is 0 Å². The minimum absolute atomic E-state index is 0.328. The van der Waals surface area contributed by atoms with E-state index in [2.05, 4.69) is 26.1 Å². The Hall–Kier alpha value is -0.120. The van der Waals surface area contributed by atoms with Gasteiger partial charge >= 0.3 is 0 Å². The molecule has 3 nitrogen and oxygen atoms in total. The number of hydrogen-bond donors (Lipinski definition) is 1. The lowest BCUT2D eigenvalue weighted by Crippen LogP contribution is -2.42. The van der Waals surface area contributed by atoms with Crippen molar-refractivity contribution < 1.29 is 9.47 Å². The van der Waals surface area contributed by atoms with Crippen molar-refractivity contribution >= 4 is 0 Å². The maximum Gasteiger partial charge on any atom is 0.0673 e. The van der Waals surface area contributed by atoms with Crippen LogP contribution in [0.2, 0.25) is 0 Å². The van der Waals surface area contributed by atoms with Gasteiger partial charge in [0.2, 0.25) is 0 Å². The number of nitrogens with one attached hydrogen (secondary N) is 1. The highest BCUT2D eigenvalue weighted by atomic mass is 16.5. The van der Waals surface area contributed by atoms with Crippen molar-refractivity contribution in [2.24, 2.45) is 17.3 Å². The Morgan fingerprint density at radius 2 is 2.10 bits per heavy atom. The van der Waals surface area contributed by atoms with Crippen LogP contribution in [0.4, 0.5) is 0 Å². The zero-order valence-corrected chi connectivity index (χ0v) is 13.6. The number of hydrogen-bond acceptors (Lipinski definition) is 3. The molecule has 0 bridgehead atoms. The fourth-order valence-electron chi connectivity index (χ4n) is 3.36. The van der Waals surface area contributed by atoms with Crippen molar-refractivity contribution in [1.29, 1.82) is 0 Å². The first-order valence-electron chi connectivity index (χ1n) is 8.58. The molecule has 118 valence electrons. The zero-order chi connectivity index (χ0) is 14.4. The Balaban J connectivity index is 1.80. The SMILES string of the molecule is CCNCC1(CCOCCC(C)C)CCOC1C1CC1. The van der Waals surface area contributed by atoms with E-state index in [4.69, 9.17) is 9.47 Å². The summed E-state index contributed by atoms with van der Waals surface area (Å²) in [4.78, 5) is 0. The molecule has 1 aliphatic carbocycles. The van der Waals surface area contributed by atoms with Gasteiger partial charge < -0.3 is 14.8 Å². The molecule has 1 heterocycles. The second kappa shape index (κ2) is 7.77. The molecule has 0 aromatic rings. The van der Waals surface area contributed by atoms with Gasteiger partial charge in [0.25, 0.3) is 0 Å². The summed E-state index contributed by atoms with van der Waals surface area (Å²) in [6, 6.07) is 0. The monoisotopic (exact) mass is 283 g/mol. The van der Waals surface area contributed by atoms with Gasteiger partial charge in [-0.25, -0.2) is 0 Å². The van der Waals surface area contributed by atoms with Crippen LogP contribution in [0.15, 0.2) is 0 Å². The first-order chi connectivity index (χ1) is 9.68. The van der Waals surface area contributed by atoms with Crippen molar-refractivity contribution in [3.63, 3.8) is 0 Å². The summed E-state index contributed by atoms with van der Waals surface area (Å²) in [6.45, 7) is 11.6. The molecule has 3 heteroatoms. The highest BCUT2D eigenvalue weighted by Crippen LogP contribution is 2.49. The van der Waals surface area contributed by atoms with Crippen LogP contribution in [-0.4, -0.2) is 39.0 Å². The van der Waals surface area contributed by atoms with Crippen molar-refractivity contribution in [2.45, 2.75) is 59.0 Å². The van der Waals surface area contributed by atoms with E-state index in [9.17, 15) is 0 Å². The Bertz CT molecular complexity index is 278. The second-order valence-electron chi connectivity index (χ2n) is 7.07. The van der Waals surface area contributed by atoms with Crippen molar-refractivity contribution in [2.75, 3.05) is 32.9 Å². The summed E-state index contributed by atoms with van der Waals surface area (Å²) in [7, 11) is 0. The molecule has 0 amide bonds. The molecule has 2 aliphatic rings. The molecule has 1 N–H and O–H groups in total. The summed E-state index contributed by atoms with van der Waals surface area (Å²) in [5.74, 6) is 1.56. The smallest absolute Gasteiger partial charge is 0.0673 e. The maximum absolute atomic E-state index is 6.09. The normalized spacial score (nSPS) is 30.3. The Kier molecular flexibility index (Phi) is 6.31. The van der Waals surface area contributed by atoms with E-state index < -0.39 is 0 Å². The Morgan fingerprint density at radius 1 is 1.30 bits per heavy atom. The third-order valence-electron chi connectivity index (χ3n) is 4.86. The van der Waals surface area contributed by atoms with Gasteiger partial charge in [-0.1, -0.05) is 20.8 Å². The quantitative estimate of drug-likeness (QED) is 0.624. The van der Waals surface area contributed by atoms with Gasteiger partial charge in [0, 0.05) is 31.8 Å². The molecule has 0 spiro atoms. The van der Waals surface area contributed by atoms with E-state index in [0.717, 1.165) is 51.2 Å². The molecule has 0 aromatic carbocycles. The molecule has 2 unspecified atom stereocenters. The summed E-state index contributed by atoms with van der Waals surface area (Å²) >= 11 is 0. The van der Waals surface area contributed by atoms with Gasteiger partial charge in [0.1, 0.15) is 0 Å². The lowest BCUT2D eigenvalue weighted by Gasteiger charge is -2.34. The van der Waals surface area contributed by atoms with Gasteiger partial charge in [-0.2, -0.15) is 0 Å². The Labute approximate surface area is 124 Å². The second-order valence-corrected chi connectivity index (χ2v) is 7.07. The third kappa shape index (κ3) is 4.44. The van der Waals surface area contributed by atoms with Crippen LogP contribution in [0.25, 0.3) is 0 Å². The molecule has 1 saturated heterocycles. The summed E-state index contributed by atoms with van der Waals surface area (Å²) < 4.78 is 12.0. The third-order valence-corrected chi connectivity index (χ3v) is 4.86. The van der Waals surface area contributed by atoms with Crippen LogP contribution in [-0.2, 0) is 9.47 Å². The molecule has 20 heavy (non-hydrogen) atoms. The van der Waals surface area contributed by atoms with Crippen molar-refractivity contribution in [3.8, 4) is 0 Å². The lowest BCUT2D eigenvalue weighted by molar-refractivity contribution is 0.00782. The first kappa shape index (κ1) is 16.3. The predicted molar refractivity (Wildman–Crippen MR) is 82.9 cm³/mol. The minimum atomic E-state index is 0.328. The van der Waals surface area contributed by atoms with Crippen LogP contribution in [0.5, 0.6) is 0 Å². The average Bonchev–Trinajstić information content (AvgIpc) is 3.18. The van der Waals surface area contributed by atoms with Crippen molar-refractivity contribution in [1.82, 2.24) is 5.32 Å². The van der Waals surface area contributed by atoms with Gasteiger partial charge in [-0.05, 0) is 50.5 Å². The highest BCUT2D eigenvalue weighted by Gasteiger charge is 2.50. The van der Waals surface area contributed by atoms with E-state index in [1.165, 1.54) is 25.7 Å². The van der Waals surface area contributed by atoms with Gasteiger partial charge in [0.05, 0.1) is 6.10 Å². The number of ether oxygens (including phenoxy) is 2. The molecule has 1 saturated carbocycles. The van der Waals surface area contributed by atoms with E-state index in [1.807, 2.05) is 0 Å². The van der Waals surface area contributed by atoms with Crippen LogP contribution >= 0.6 is 0 Å². The summed E-state index contributed by atoms with van der Waals surface area (Å²) in [5.41, 5.74) is 0.328. The first-order valence-corrected chi connectivity index (χ1v) is 8.58. The molecule has 0 radical (unpaired) electrons. The molecular formula is C17H33NO2. The van der Waals surface area contributed by atoms with E-state index in [1.54, 1.807) is 0 Å². The summed E-state index contributed by atoms with van der Waals surface area (Å²) in [5, 5.41) is 3.57. The lowest BCUT2D eigenvalue weighted by atomic mass is 9.76. The fraction of sp³-hybridized carbons (Fsp3) is 1.00. The van der Waals surface area contributed by atoms with Crippen LogP contribution < -0.4 is 5.32 Å². The number of rotatable bonds is 10. The topological polar surface area (TPSA) is 30.5 Å². The average molecular weight is 283 g/mol. The molecule has 1 aliphatic heterocycles. The highest BCUT2D eigenvalue weighted by molar-refractivity contribution is 5.00. The standard InChI is InChI=1S/C17H33NO2/c1-4-18-13-17(8-11-19-10-7-14(2)3)9-12-20-16(17)15-5-6-15/h14-16,18H,4-13H2,1-3H3. The van der Waals surface area contributed by atoms with Gasteiger partial charge in [-0.3, -0.25) is 0 Å². The Morgan fingerprint density at radius 3 is 2.75 bits per heavy atom. The molecule has 0 aromatic heterocycles. The molecular weight excluding hydrogens is 250 g/mol. The summed E-state index contributed by atoms with van der Waals surface area (Å²) in [6.07, 6.45) is 6.74. The van der Waals surface area contributed by atoms with Gasteiger partial charge in [-0.15, -0.1) is 0 Å². The molecule has 2 rings (SSSR count).